The van der Waals surface area contributed by atoms with E-state index in [0.29, 0.717) is 11.8 Å². The Bertz CT molecular complexity index is 438. The van der Waals surface area contributed by atoms with E-state index < -0.39 is 0 Å². The maximum absolute atomic E-state index is 6.06. The summed E-state index contributed by atoms with van der Waals surface area (Å²) in [5, 5.41) is 4.28. The minimum absolute atomic E-state index is 0.519. The van der Waals surface area contributed by atoms with Gasteiger partial charge in [0, 0.05) is 16.0 Å². The first-order valence-corrected chi connectivity index (χ1v) is 7.93. The second kappa shape index (κ2) is 8.08. The van der Waals surface area contributed by atoms with Crippen LogP contribution in [0.4, 0.5) is 0 Å². The molecule has 0 aliphatic carbocycles. The molecule has 1 rings (SSSR count). The highest BCUT2D eigenvalue weighted by atomic mass is 79.9. The average Bonchev–Trinajstić information content (AvgIpc) is 2.31. The van der Waals surface area contributed by atoms with E-state index >= 15 is 0 Å². The van der Waals surface area contributed by atoms with Crippen molar-refractivity contribution in [3.05, 3.63) is 38.8 Å². The third kappa shape index (κ3) is 6.11. The Labute approximate surface area is 130 Å². The summed E-state index contributed by atoms with van der Waals surface area (Å²) >= 11 is 9.64. The van der Waals surface area contributed by atoms with Gasteiger partial charge in [-0.3, -0.25) is 0 Å². The minimum atomic E-state index is 0.519. The third-order valence-corrected chi connectivity index (χ3v) is 3.88. The van der Waals surface area contributed by atoms with Gasteiger partial charge in [0.1, 0.15) is 0 Å². The fourth-order valence-electron chi connectivity index (χ4n) is 1.75. The maximum Gasteiger partial charge on any atom is 0.0412 e. The molecule has 1 nitrogen and oxygen atoms in total. The highest BCUT2D eigenvalue weighted by molar-refractivity contribution is 9.10. The molecule has 0 aliphatic rings. The van der Waals surface area contributed by atoms with Crippen molar-refractivity contribution >= 4 is 33.6 Å². The van der Waals surface area contributed by atoms with E-state index in [-0.39, 0.29) is 0 Å². The fourth-order valence-corrected chi connectivity index (χ4v) is 2.29. The molecular formula is C16H23BrClN. The first-order chi connectivity index (χ1) is 8.90. The molecule has 0 atom stereocenters. The number of rotatable bonds is 6. The van der Waals surface area contributed by atoms with Crippen molar-refractivity contribution in [2.75, 3.05) is 13.1 Å². The average molecular weight is 345 g/mol. The molecule has 0 aromatic heterocycles. The first-order valence-electron chi connectivity index (χ1n) is 6.76. The first kappa shape index (κ1) is 16.7. The molecule has 0 saturated carbocycles. The van der Waals surface area contributed by atoms with Gasteiger partial charge in [-0.15, -0.1) is 0 Å². The van der Waals surface area contributed by atoms with Crippen LogP contribution in [0.2, 0.25) is 5.02 Å². The Morgan fingerprint density at radius 2 is 2.00 bits per heavy atom. The lowest BCUT2D eigenvalue weighted by atomic mass is 10.00. The standard InChI is InChI=1S/C16H23BrClN/c1-11(2)9-19-10-14(12(3)4)7-13-8-15(18)5-6-16(13)17/h5-8,11-12,19H,9-10H2,1-4H3. The van der Waals surface area contributed by atoms with E-state index in [1.165, 1.54) is 5.57 Å². The van der Waals surface area contributed by atoms with Gasteiger partial charge in [0.25, 0.3) is 0 Å². The predicted octanol–water partition coefficient (Wildman–Crippen LogP) is 5.39. The molecule has 0 aliphatic heterocycles. The van der Waals surface area contributed by atoms with Gasteiger partial charge >= 0.3 is 0 Å². The zero-order chi connectivity index (χ0) is 14.4. The largest absolute Gasteiger partial charge is 0.313 e. The minimum Gasteiger partial charge on any atom is -0.313 e. The van der Waals surface area contributed by atoms with Crippen molar-refractivity contribution in [2.24, 2.45) is 11.8 Å². The molecule has 1 N–H and O–H groups in total. The van der Waals surface area contributed by atoms with E-state index in [0.717, 1.165) is 28.1 Å². The van der Waals surface area contributed by atoms with E-state index in [4.69, 9.17) is 11.6 Å². The molecule has 0 radical (unpaired) electrons. The van der Waals surface area contributed by atoms with Crippen molar-refractivity contribution in [1.29, 1.82) is 0 Å². The highest BCUT2D eigenvalue weighted by Gasteiger charge is 2.06. The van der Waals surface area contributed by atoms with Crippen molar-refractivity contribution in [3.8, 4) is 0 Å². The smallest absolute Gasteiger partial charge is 0.0412 e. The van der Waals surface area contributed by atoms with Crippen LogP contribution in [0.15, 0.2) is 28.2 Å². The molecule has 1 aromatic rings. The molecule has 0 saturated heterocycles. The summed E-state index contributed by atoms with van der Waals surface area (Å²) in [5.74, 6) is 1.19. The van der Waals surface area contributed by atoms with E-state index in [1.54, 1.807) is 0 Å². The summed E-state index contributed by atoms with van der Waals surface area (Å²) in [6.45, 7) is 10.9. The number of hydrogen-bond donors (Lipinski definition) is 1. The maximum atomic E-state index is 6.06. The molecule has 106 valence electrons. The number of hydrogen-bond acceptors (Lipinski definition) is 1. The zero-order valence-corrected chi connectivity index (χ0v) is 14.5. The summed E-state index contributed by atoms with van der Waals surface area (Å²) in [6.07, 6.45) is 2.23. The van der Waals surface area contributed by atoms with Crippen molar-refractivity contribution in [3.63, 3.8) is 0 Å². The Morgan fingerprint density at radius 1 is 1.32 bits per heavy atom. The zero-order valence-electron chi connectivity index (χ0n) is 12.1. The lowest BCUT2D eigenvalue weighted by Crippen LogP contribution is -2.23. The molecule has 0 amide bonds. The molecule has 19 heavy (non-hydrogen) atoms. The Hall–Kier alpha value is -0.310. The van der Waals surface area contributed by atoms with Crippen LogP contribution in [0.5, 0.6) is 0 Å². The Morgan fingerprint density at radius 3 is 2.58 bits per heavy atom. The van der Waals surface area contributed by atoms with Gasteiger partial charge in [-0.2, -0.15) is 0 Å². The summed E-state index contributed by atoms with van der Waals surface area (Å²) in [4.78, 5) is 0. The van der Waals surface area contributed by atoms with E-state index in [1.807, 2.05) is 18.2 Å². The van der Waals surface area contributed by atoms with Gasteiger partial charge in [0.15, 0.2) is 0 Å². The summed E-state index contributed by atoms with van der Waals surface area (Å²) in [6, 6.07) is 5.89. The van der Waals surface area contributed by atoms with Gasteiger partial charge in [-0.25, -0.2) is 0 Å². The quantitative estimate of drug-likeness (QED) is 0.729. The van der Waals surface area contributed by atoms with Gasteiger partial charge in [0.05, 0.1) is 0 Å². The summed E-state index contributed by atoms with van der Waals surface area (Å²) in [7, 11) is 0. The normalized spacial score (nSPS) is 12.5. The van der Waals surface area contributed by atoms with Crippen molar-refractivity contribution in [2.45, 2.75) is 27.7 Å². The Kier molecular flexibility index (Phi) is 7.12. The Balaban J connectivity index is 2.85. The molecule has 3 heteroatoms. The van der Waals surface area contributed by atoms with Crippen LogP contribution < -0.4 is 5.32 Å². The number of benzene rings is 1. The van der Waals surface area contributed by atoms with Gasteiger partial charge in [0.2, 0.25) is 0 Å². The lowest BCUT2D eigenvalue weighted by Gasteiger charge is -2.15. The van der Waals surface area contributed by atoms with Crippen LogP contribution >= 0.6 is 27.5 Å². The second-order valence-corrected chi connectivity index (χ2v) is 6.86. The van der Waals surface area contributed by atoms with Crippen LogP contribution in [0.25, 0.3) is 6.08 Å². The summed E-state index contributed by atoms with van der Waals surface area (Å²) < 4.78 is 1.08. The van der Waals surface area contributed by atoms with Gasteiger partial charge < -0.3 is 5.32 Å². The second-order valence-electron chi connectivity index (χ2n) is 5.56. The predicted molar refractivity (Wildman–Crippen MR) is 89.7 cm³/mol. The van der Waals surface area contributed by atoms with Crippen molar-refractivity contribution in [1.82, 2.24) is 5.32 Å². The van der Waals surface area contributed by atoms with Crippen LogP contribution in [-0.4, -0.2) is 13.1 Å². The summed E-state index contributed by atoms with van der Waals surface area (Å²) in [5.41, 5.74) is 2.53. The topological polar surface area (TPSA) is 12.0 Å². The fraction of sp³-hybridized carbons (Fsp3) is 0.500. The molecular weight excluding hydrogens is 322 g/mol. The highest BCUT2D eigenvalue weighted by Crippen LogP contribution is 2.25. The number of nitrogens with one attached hydrogen (secondary N) is 1. The third-order valence-electron chi connectivity index (χ3n) is 2.92. The molecule has 0 spiro atoms. The molecule has 1 aromatic carbocycles. The van der Waals surface area contributed by atoms with E-state index in [9.17, 15) is 0 Å². The van der Waals surface area contributed by atoms with Gasteiger partial charge in [-0.05, 0) is 42.1 Å². The number of halogens is 2. The molecule has 0 heterocycles. The van der Waals surface area contributed by atoms with E-state index in [2.05, 4.69) is 55.0 Å². The SMILES string of the molecule is CC(C)CNCC(=Cc1cc(Cl)ccc1Br)C(C)C. The van der Waals surface area contributed by atoms with Crippen LogP contribution in [0, 0.1) is 11.8 Å². The molecule has 0 fully saturated rings. The lowest BCUT2D eigenvalue weighted by molar-refractivity contribution is 0.558. The molecule has 0 unspecified atom stereocenters. The van der Waals surface area contributed by atoms with Crippen molar-refractivity contribution < 1.29 is 0 Å². The van der Waals surface area contributed by atoms with Gasteiger partial charge in [-0.1, -0.05) is 66.9 Å². The van der Waals surface area contributed by atoms with Crippen LogP contribution in [-0.2, 0) is 0 Å². The molecule has 0 bridgehead atoms. The van der Waals surface area contributed by atoms with Crippen LogP contribution in [0.1, 0.15) is 33.3 Å². The van der Waals surface area contributed by atoms with Crippen LogP contribution in [0.3, 0.4) is 0 Å². The monoisotopic (exact) mass is 343 g/mol.